The van der Waals surface area contributed by atoms with Crippen LogP contribution in [0.3, 0.4) is 0 Å². The van der Waals surface area contributed by atoms with E-state index in [0.29, 0.717) is 6.54 Å². The summed E-state index contributed by atoms with van der Waals surface area (Å²) in [4.78, 5) is 11.5. The fourth-order valence-electron chi connectivity index (χ4n) is 1.95. The first kappa shape index (κ1) is 13.9. The lowest BCUT2D eigenvalue weighted by Gasteiger charge is -2.16. The number of halogens is 1. The van der Waals surface area contributed by atoms with Crippen molar-refractivity contribution in [3.8, 4) is 0 Å². The summed E-state index contributed by atoms with van der Waals surface area (Å²) in [5.41, 5.74) is 2.19. The number of hydrogen-bond donors (Lipinski definition) is 1. The minimum Gasteiger partial charge on any atom is -0.377 e. The molecule has 19 heavy (non-hydrogen) atoms. The molecule has 0 bridgehead atoms. The quantitative estimate of drug-likeness (QED) is 0.929. The van der Waals surface area contributed by atoms with E-state index in [1.54, 1.807) is 10.6 Å². The second-order valence-electron chi connectivity index (χ2n) is 4.46. The molecule has 0 aliphatic heterocycles. The molecule has 0 fully saturated rings. The van der Waals surface area contributed by atoms with Crippen LogP contribution in [-0.2, 0) is 6.54 Å². The summed E-state index contributed by atoms with van der Waals surface area (Å²) in [6, 6.07) is 11.8. The summed E-state index contributed by atoms with van der Waals surface area (Å²) in [5.74, 6) is 0. The van der Waals surface area contributed by atoms with Gasteiger partial charge in [-0.2, -0.15) is 0 Å². The average molecular weight is 321 g/mol. The van der Waals surface area contributed by atoms with Crippen LogP contribution in [0, 0.1) is 0 Å². The van der Waals surface area contributed by atoms with Crippen molar-refractivity contribution in [2.45, 2.75) is 26.4 Å². The molecule has 100 valence electrons. The Hall–Kier alpha value is -1.55. The molecule has 2 aromatic rings. The highest BCUT2D eigenvalue weighted by Crippen LogP contribution is 2.20. The standard InChI is InChI=1S/C15H17BrN2O/c1-3-18-10-14(8-9-15(18)19)17-11(2)12-4-6-13(16)7-5-12/h4-11,17H,3H2,1-2H3. The number of nitrogens with one attached hydrogen (secondary N) is 1. The fourth-order valence-corrected chi connectivity index (χ4v) is 2.21. The van der Waals surface area contributed by atoms with Gasteiger partial charge in [-0.1, -0.05) is 28.1 Å². The first-order valence-electron chi connectivity index (χ1n) is 6.32. The highest BCUT2D eigenvalue weighted by molar-refractivity contribution is 9.10. The molecule has 0 aliphatic rings. The van der Waals surface area contributed by atoms with Crippen molar-refractivity contribution in [1.82, 2.24) is 4.57 Å². The molecule has 0 radical (unpaired) electrons. The van der Waals surface area contributed by atoms with Crippen molar-refractivity contribution in [2.24, 2.45) is 0 Å². The minimum atomic E-state index is 0.0318. The van der Waals surface area contributed by atoms with E-state index in [2.05, 4.69) is 40.3 Å². The number of nitrogens with zero attached hydrogens (tertiary/aromatic N) is 1. The zero-order valence-corrected chi connectivity index (χ0v) is 12.6. The number of pyridine rings is 1. The third kappa shape index (κ3) is 3.47. The van der Waals surface area contributed by atoms with Gasteiger partial charge >= 0.3 is 0 Å². The number of hydrogen-bond acceptors (Lipinski definition) is 2. The first-order valence-corrected chi connectivity index (χ1v) is 7.12. The van der Waals surface area contributed by atoms with Crippen molar-refractivity contribution in [3.63, 3.8) is 0 Å². The molecule has 1 aromatic heterocycles. The van der Waals surface area contributed by atoms with Gasteiger partial charge < -0.3 is 9.88 Å². The van der Waals surface area contributed by atoms with Crippen molar-refractivity contribution >= 4 is 21.6 Å². The average Bonchev–Trinajstić information content (AvgIpc) is 2.41. The lowest BCUT2D eigenvalue weighted by Crippen LogP contribution is -2.18. The Bertz CT molecular complexity index is 604. The second kappa shape index (κ2) is 6.06. The van der Waals surface area contributed by atoms with E-state index in [4.69, 9.17) is 0 Å². The first-order chi connectivity index (χ1) is 9.10. The van der Waals surface area contributed by atoms with Crippen LogP contribution in [0.2, 0.25) is 0 Å². The van der Waals surface area contributed by atoms with E-state index < -0.39 is 0 Å². The van der Waals surface area contributed by atoms with E-state index in [9.17, 15) is 4.79 Å². The van der Waals surface area contributed by atoms with Gasteiger partial charge in [-0.05, 0) is 37.6 Å². The number of anilines is 1. The zero-order chi connectivity index (χ0) is 13.8. The van der Waals surface area contributed by atoms with Crippen molar-refractivity contribution in [1.29, 1.82) is 0 Å². The molecule has 2 rings (SSSR count). The monoisotopic (exact) mass is 320 g/mol. The highest BCUT2D eigenvalue weighted by atomic mass is 79.9. The maximum Gasteiger partial charge on any atom is 0.250 e. The van der Waals surface area contributed by atoms with E-state index >= 15 is 0 Å². The van der Waals surface area contributed by atoms with Crippen LogP contribution < -0.4 is 10.9 Å². The Balaban J connectivity index is 2.16. The molecule has 1 aromatic carbocycles. The van der Waals surface area contributed by atoms with Crippen LogP contribution in [0.5, 0.6) is 0 Å². The highest BCUT2D eigenvalue weighted by Gasteiger charge is 2.05. The van der Waals surface area contributed by atoms with Gasteiger partial charge in [0.05, 0.1) is 5.69 Å². The number of benzene rings is 1. The van der Waals surface area contributed by atoms with Crippen LogP contribution in [0.1, 0.15) is 25.5 Å². The van der Waals surface area contributed by atoms with Gasteiger partial charge in [0.25, 0.3) is 5.56 Å². The molecule has 0 amide bonds. The third-order valence-electron chi connectivity index (χ3n) is 3.08. The zero-order valence-electron chi connectivity index (χ0n) is 11.1. The van der Waals surface area contributed by atoms with E-state index in [1.165, 1.54) is 5.56 Å². The predicted molar refractivity (Wildman–Crippen MR) is 82.6 cm³/mol. The fraction of sp³-hybridized carbons (Fsp3) is 0.267. The predicted octanol–water partition coefficient (Wildman–Crippen LogP) is 3.80. The minimum absolute atomic E-state index is 0.0318. The summed E-state index contributed by atoms with van der Waals surface area (Å²) in [6.45, 7) is 4.75. The van der Waals surface area contributed by atoms with Crippen molar-refractivity contribution in [2.75, 3.05) is 5.32 Å². The molecular formula is C15H17BrN2O. The summed E-state index contributed by atoms with van der Waals surface area (Å²) in [7, 11) is 0. The summed E-state index contributed by atoms with van der Waals surface area (Å²) >= 11 is 3.43. The topological polar surface area (TPSA) is 34.0 Å². The van der Waals surface area contributed by atoms with E-state index in [1.807, 2.05) is 31.3 Å². The van der Waals surface area contributed by atoms with Gasteiger partial charge in [-0.3, -0.25) is 4.79 Å². The Morgan fingerprint density at radius 2 is 1.89 bits per heavy atom. The van der Waals surface area contributed by atoms with Gasteiger partial charge in [-0.15, -0.1) is 0 Å². The molecular weight excluding hydrogens is 304 g/mol. The Kier molecular flexibility index (Phi) is 4.43. The SMILES string of the molecule is CCn1cc(NC(C)c2ccc(Br)cc2)ccc1=O. The summed E-state index contributed by atoms with van der Waals surface area (Å²) in [5, 5.41) is 3.40. The maximum atomic E-state index is 11.5. The molecule has 0 aliphatic carbocycles. The van der Waals surface area contributed by atoms with Crippen LogP contribution in [0.4, 0.5) is 5.69 Å². The molecule has 0 saturated heterocycles. The lowest BCUT2D eigenvalue weighted by atomic mass is 10.1. The van der Waals surface area contributed by atoms with Crippen LogP contribution >= 0.6 is 15.9 Å². The van der Waals surface area contributed by atoms with Gasteiger partial charge in [0.2, 0.25) is 0 Å². The van der Waals surface area contributed by atoms with E-state index in [-0.39, 0.29) is 11.6 Å². The number of aromatic nitrogens is 1. The smallest absolute Gasteiger partial charge is 0.250 e. The number of aryl methyl sites for hydroxylation is 1. The molecule has 1 atom stereocenters. The Morgan fingerprint density at radius 3 is 2.53 bits per heavy atom. The molecule has 1 heterocycles. The molecule has 4 heteroatoms. The van der Waals surface area contributed by atoms with Crippen molar-refractivity contribution < 1.29 is 0 Å². The largest absolute Gasteiger partial charge is 0.377 e. The second-order valence-corrected chi connectivity index (χ2v) is 5.38. The Labute approximate surface area is 121 Å². The molecule has 1 unspecified atom stereocenters. The van der Waals surface area contributed by atoms with E-state index in [0.717, 1.165) is 10.2 Å². The molecule has 0 spiro atoms. The van der Waals surface area contributed by atoms with Crippen LogP contribution in [0.25, 0.3) is 0 Å². The maximum absolute atomic E-state index is 11.5. The van der Waals surface area contributed by atoms with Gasteiger partial charge in [-0.25, -0.2) is 0 Å². The van der Waals surface area contributed by atoms with Crippen LogP contribution in [-0.4, -0.2) is 4.57 Å². The van der Waals surface area contributed by atoms with Gasteiger partial charge in [0.1, 0.15) is 0 Å². The number of rotatable bonds is 4. The van der Waals surface area contributed by atoms with Crippen LogP contribution in [0.15, 0.2) is 51.9 Å². The lowest BCUT2D eigenvalue weighted by molar-refractivity contribution is 0.725. The summed E-state index contributed by atoms with van der Waals surface area (Å²) in [6.07, 6.45) is 1.86. The molecule has 0 saturated carbocycles. The van der Waals surface area contributed by atoms with Crippen molar-refractivity contribution in [3.05, 3.63) is 63.0 Å². The summed E-state index contributed by atoms with van der Waals surface area (Å²) < 4.78 is 2.76. The third-order valence-corrected chi connectivity index (χ3v) is 3.61. The Morgan fingerprint density at radius 1 is 1.21 bits per heavy atom. The van der Waals surface area contributed by atoms with Gasteiger partial charge in [0, 0.05) is 29.3 Å². The molecule has 3 nitrogen and oxygen atoms in total. The normalized spacial score (nSPS) is 12.2. The van der Waals surface area contributed by atoms with Gasteiger partial charge in [0.15, 0.2) is 0 Å². The molecule has 1 N–H and O–H groups in total.